The van der Waals surface area contributed by atoms with E-state index in [2.05, 4.69) is 101 Å². The third-order valence-corrected chi connectivity index (χ3v) is 11.8. The second-order valence-electron chi connectivity index (χ2n) is 19.5. The SMILES string of the molecule is CC(C)(C)c1ccnc(-c2[c-]cccc2)n1.[2H]C([2H])([2H])c1cccc2nc(-c3[c-]ccc4c3oc3cc(C#N)c5oc(C(C)(C)C)nc5c34)n(-c3c(C(C)C)cc(-c4ccccc4)cc3C(C)C)c12.[Ir]. The Morgan fingerprint density at radius 1 is 0.731 bits per heavy atom. The molecule has 4 aromatic heterocycles. The summed E-state index contributed by atoms with van der Waals surface area (Å²) < 4.78 is 40.8. The largest absolute Gasteiger partial charge is 0.500 e. The molecule has 0 bridgehead atoms. The van der Waals surface area contributed by atoms with Crippen LogP contribution in [0.25, 0.3) is 83.7 Å². The van der Waals surface area contributed by atoms with Crippen molar-refractivity contribution < 1.29 is 33.1 Å². The van der Waals surface area contributed by atoms with Crippen molar-refractivity contribution in [3.05, 3.63) is 161 Å². The number of imidazole rings is 1. The number of fused-ring (bicyclic) bond motifs is 6. The van der Waals surface area contributed by atoms with Crippen LogP contribution in [0, 0.1) is 30.3 Å². The van der Waals surface area contributed by atoms with Crippen LogP contribution in [-0.2, 0) is 30.9 Å². The molecular formula is C58H54IrN6O2-2. The van der Waals surface area contributed by atoms with Crippen LogP contribution in [0.3, 0.4) is 0 Å². The van der Waals surface area contributed by atoms with Gasteiger partial charge in [0.15, 0.2) is 5.58 Å². The van der Waals surface area contributed by atoms with Crippen molar-refractivity contribution in [1.29, 1.82) is 5.26 Å². The summed E-state index contributed by atoms with van der Waals surface area (Å²) in [5.41, 5.74) is 11.0. The molecule has 0 aliphatic heterocycles. The Labute approximate surface area is 410 Å². The van der Waals surface area contributed by atoms with Crippen LogP contribution in [-0.4, -0.2) is 24.5 Å². The van der Waals surface area contributed by atoms with Gasteiger partial charge >= 0.3 is 0 Å². The van der Waals surface area contributed by atoms with Gasteiger partial charge in [0.2, 0.25) is 5.89 Å². The zero-order valence-corrected chi connectivity index (χ0v) is 41.9. The monoisotopic (exact) mass is 1060 g/mol. The maximum Gasteiger partial charge on any atom is 0.200 e. The molecule has 9 heteroatoms. The second kappa shape index (κ2) is 18.2. The Balaban J connectivity index is 0.000000329. The van der Waals surface area contributed by atoms with Gasteiger partial charge < -0.3 is 13.4 Å². The molecule has 339 valence electrons. The van der Waals surface area contributed by atoms with Crippen molar-refractivity contribution in [2.24, 2.45) is 0 Å². The van der Waals surface area contributed by atoms with Crippen LogP contribution in [0.15, 0.2) is 124 Å². The molecule has 4 heterocycles. The quantitative estimate of drug-likeness (QED) is 0.153. The number of aromatic nitrogens is 5. The minimum atomic E-state index is -2.42. The first kappa shape index (κ1) is 42.9. The van der Waals surface area contributed by atoms with Crippen molar-refractivity contribution in [2.75, 3.05) is 0 Å². The number of nitriles is 1. The van der Waals surface area contributed by atoms with E-state index < -0.39 is 6.85 Å². The molecule has 0 unspecified atom stereocenters. The molecule has 0 atom stereocenters. The molecule has 10 rings (SSSR count). The molecule has 10 aromatic rings. The molecule has 8 nitrogen and oxygen atoms in total. The summed E-state index contributed by atoms with van der Waals surface area (Å²) >= 11 is 0. The summed E-state index contributed by atoms with van der Waals surface area (Å²) in [7, 11) is 0. The van der Waals surface area contributed by atoms with Gasteiger partial charge in [-0.2, -0.15) is 5.26 Å². The zero-order chi connectivity index (χ0) is 49.2. The first-order chi connectivity index (χ1) is 32.7. The van der Waals surface area contributed by atoms with E-state index in [9.17, 15) is 5.26 Å². The summed E-state index contributed by atoms with van der Waals surface area (Å²) in [6.07, 6.45) is 1.81. The van der Waals surface area contributed by atoms with Gasteiger partial charge in [0.1, 0.15) is 22.7 Å². The van der Waals surface area contributed by atoms with Crippen molar-refractivity contribution in [3.8, 4) is 45.7 Å². The molecule has 0 saturated heterocycles. The maximum atomic E-state index is 10.1. The number of aryl methyl sites for hydroxylation is 1. The number of furan rings is 1. The summed E-state index contributed by atoms with van der Waals surface area (Å²) in [4.78, 5) is 19.0. The molecule has 0 amide bonds. The van der Waals surface area contributed by atoms with E-state index in [0.717, 1.165) is 55.8 Å². The van der Waals surface area contributed by atoms with E-state index in [1.54, 1.807) is 18.2 Å². The topological polar surface area (TPSA) is 107 Å². The van der Waals surface area contributed by atoms with Crippen LogP contribution in [0.2, 0.25) is 0 Å². The van der Waals surface area contributed by atoms with Crippen molar-refractivity contribution >= 4 is 44.1 Å². The normalized spacial score (nSPS) is 12.8. The van der Waals surface area contributed by atoms with Gasteiger partial charge in [-0.3, -0.25) is 15.0 Å². The fraction of sp³-hybridized carbons (Fsp3) is 0.259. The van der Waals surface area contributed by atoms with Crippen LogP contribution in [0.4, 0.5) is 0 Å². The van der Waals surface area contributed by atoms with Gasteiger partial charge in [-0.1, -0.05) is 123 Å². The Morgan fingerprint density at radius 3 is 2.10 bits per heavy atom. The van der Waals surface area contributed by atoms with Crippen LogP contribution >= 0.6 is 0 Å². The average molecular weight is 1060 g/mol. The van der Waals surface area contributed by atoms with E-state index in [1.165, 1.54) is 0 Å². The van der Waals surface area contributed by atoms with Crippen molar-refractivity contribution in [3.63, 3.8) is 0 Å². The number of benzene rings is 6. The summed E-state index contributed by atoms with van der Waals surface area (Å²) in [6.45, 7) is 18.7. The smallest absolute Gasteiger partial charge is 0.200 e. The molecule has 6 aromatic carbocycles. The molecule has 67 heavy (non-hydrogen) atoms. The van der Waals surface area contributed by atoms with Crippen LogP contribution < -0.4 is 0 Å². The predicted molar refractivity (Wildman–Crippen MR) is 267 cm³/mol. The molecule has 1 radical (unpaired) electrons. The molecule has 0 fully saturated rings. The van der Waals surface area contributed by atoms with E-state index in [0.29, 0.717) is 56.1 Å². The van der Waals surface area contributed by atoms with E-state index in [4.69, 9.17) is 22.9 Å². The second-order valence-corrected chi connectivity index (χ2v) is 19.5. The maximum absolute atomic E-state index is 10.1. The summed E-state index contributed by atoms with van der Waals surface area (Å²) in [5, 5.41) is 11.6. The Bertz CT molecular complexity index is 3560. The molecule has 0 spiro atoms. The first-order valence-electron chi connectivity index (χ1n) is 23.9. The minimum absolute atomic E-state index is 0. The van der Waals surface area contributed by atoms with Gasteiger partial charge in [-0.15, -0.1) is 54.1 Å². The average Bonchev–Trinajstić information content (AvgIpc) is 4.05. The molecule has 0 saturated carbocycles. The van der Waals surface area contributed by atoms with E-state index >= 15 is 0 Å². The van der Waals surface area contributed by atoms with Gasteiger partial charge in [-0.05, 0) is 70.8 Å². The van der Waals surface area contributed by atoms with Gasteiger partial charge in [0, 0.05) is 64.1 Å². The van der Waals surface area contributed by atoms with Gasteiger partial charge in [0.05, 0.1) is 28.3 Å². The number of oxazole rings is 1. The number of rotatable bonds is 6. The number of para-hydroxylation sites is 1. The zero-order valence-electron chi connectivity index (χ0n) is 42.5. The minimum Gasteiger partial charge on any atom is -0.500 e. The van der Waals surface area contributed by atoms with Gasteiger partial charge in [-0.25, -0.2) is 4.98 Å². The Kier molecular flexibility index (Phi) is 11.6. The molecule has 0 aliphatic rings. The van der Waals surface area contributed by atoms with E-state index in [1.807, 2.05) is 98.3 Å². The summed E-state index contributed by atoms with van der Waals surface area (Å²) in [5.74, 6) is 1.92. The number of hydrogen-bond donors (Lipinski definition) is 0. The van der Waals surface area contributed by atoms with Crippen LogP contribution in [0.5, 0.6) is 0 Å². The van der Waals surface area contributed by atoms with Crippen LogP contribution in [0.1, 0.15) is 119 Å². The molecular weight excluding hydrogens is 1000 g/mol. The number of nitrogens with zero attached hydrogens (tertiary/aromatic N) is 6. The fourth-order valence-corrected chi connectivity index (χ4v) is 8.43. The predicted octanol–water partition coefficient (Wildman–Crippen LogP) is 15.2. The number of hydrogen-bond acceptors (Lipinski definition) is 7. The third kappa shape index (κ3) is 8.73. The first-order valence-corrected chi connectivity index (χ1v) is 22.4. The third-order valence-electron chi connectivity index (χ3n) is 11.8. The Morgan fingerprint density at radius 2 is 1.46 bits per heavy atom. The molecule has 0 N–H and O–H groups in total. The van der Waals surface area contributed by atoms with Crippen molar-refractivity contribution in [2.45, 2.75) is 98.8 Å². The van der Waals surface area contributed by atoms with Crippen molar-refractivity contribution in [1.82, 2.24) is 24.5 Å². The van der Waals surface area contributed by atoms with E-state index in [-0.39, 0.29) is 48.3 Å². The standard InChI is InChI=1S/C44H39N4O2.C14H15N2.Ir/c1-24(2)32-20-28(27-15-10-9-11-16-27)21-33(25(3)4)39(32)48-38-26(5)14-12-19-34(38)46-42(48)31-18-13-17-30-36-35(49-41(30)31)22-29(23-45)40-37(36)47-43(50-40)44(6,7)8;1-14(2,3)12-9-10-15-13(16-12)11-7-5-4-6-8-11;/h9-17,19-22,24-25H,1-8H3;4-7,9-10H,1-3H3;/q2*-1;/i5D3;;. The van der Waals surface area contributed by atoms with Gasteiger partial charge in [0.25, 0.3) is 0 Å². The molecule has 0 aliphatic carbocycles. The summed E-state index contributed by atoms with van der Waals surface area (Å²) in [6, 6.07) is 44.1. The Hall–Kier alpha value is -6.72. The fourth-order valence-electron chi connectivity index (χ4n) is 8.43.